The Labute approximate surface area is 209 Å². The van der Waals surface area contributed by atoms with Crippen molar-refractivity contribution in [2.75, 3.05) is 0 Å². The van der Waals surface area contributed by atoms with Crippen molar-refractivity contribution in [3.63, 3.8) is 0 Å². The van der Waals surface area contributed by atoms with Gasteiger partial charge in [0.05, 0.1) is 6.10 Å². The third-order valence-electron chi connectivity index (χ3n) is 5.70. The molecular weight excluding hydrogens is 492 g/mol. The van der Waals surface area contributed by atoms with E-state index in [1.54, 1.807) is 0 Å². The number of hydrogen-bond acceptors (Lipinski definition) is 11. The topological polar surface area (TPSA) is 211 Å². The van der Waals surface area contributed by atoms with Crippen molar-refractivity contribution in [2.45, 2.75) is 36.8 Å². The standard InChI is InChI=1S/C25H24O12/c26-15-5-1-13(11-18(15)29)3-7-20(31)36-22-17(28)9-10-25(23(22)33,24(34)35)37-21(32)8-4-14-2-6-16(27)19(30)12-14/h1-8,11-12,17,22-23,26-30,33H,9-10H2,(H,34,35)/b7-3+,8-4+/t17-,22-,23+,25-/m1/s1. The molecule has 0 bridgehead atoms. The molecule has 12 heteroatoms. The van der Waals surface area contributed by atoms with Crippen LogP contribution in [0.2, 0.25) is 0 Å². The number of rotatable bonds is 7. The Kier molecular flexibility index (Phi) is 8.05. The van der Waals surface area contributed by atoms with Crippen molar-refractivity contribution in [2.24, 2.45) is 0 Å². The first-order chi connectivity index (χ1) is 17.4. The highest BCUT2D eigenvalue weighted by Gasteiger charge is 2.58. The number of hydrogen-bond donors (Lipinski definition) is 7. The van der Waals surface area contributed by atoms with Gasteiger partial charge in [-0.25, -0.2) is 14.4 Å². The number of benzene rings is 2. The predicted octanol–water partition coefficient (Wildman–Crippen LogP) is 1.03. The molecule has 196 valence electrons. The largest absolute Gasteiger partial charge is 0.504 e. The Bertz CT molecular complexity index is 1250. The zero-order valence-corrected chi connectivity index (χ0v) is 19.1. The van der Waals surface area contributed by atoms with E-state index in [2.05, 4.69) is 0 Å². The van der Waals surface area contributed by atoms with Gasteiger partial charge in [0.15, 0.2) is 29.1 Å². The van der Waals surface area contributed by atoms with Crippen LogP contribution in [0.4, 0.5) is 0 Å². The normalized spacial score (nSPS) is 23.7. The van der Waals surface area contributed by atoms with Crippen LogP contribution in [0.5, 0.6) is 23.0 Å². The Balaban J connectivity index is 1.74. The second-order valence-corrected chi connectivity index (χ2v) is 8.23. The summed E-state index contributed by atoms with van der Waals surface area (Å²) in [6.07, 6.45) is -2.04. The highest BCUT2D eigenvalue weighted by molar-refractivity contribution is 5.91. The molecule has 1 aliphatic rings. The summed E-state index contributed by atoms with van der Waals surface area (Å²) in [6.45, 7) is 0. The van der Waals surface area contributed by atoms with Gasteiger partial charge in [-0.05, 0) is 54.0 Å². The molecule has 1 aliphatic carbocycles. The van der Waals surface area contributed by atoms with Crippen LogP contribution in [-0.2, 0) is 23.9 Å². The van der Waals surface area contributed by atoms with Crippen LogP contribution in [0, 0.1) is 0 Å². The predicted molar refractivity (Wildman–Crippen MR) is 125 cm³/mol. The smallest absolute Gasteiger partial charge is 0.351 e. The Morgan fingerprint density at radius 3 is 1.81 bits per heavy atom. The summed E-state index contributed by atoms with van der Waals surface area (Å²) in [7, 11) is 0. The van der Waals surface area contributed by atoms with E-state index in [1.807, 2.05) is 0 Å². The molecule has 1 fully saturated rings. The molecule has 0 aliphatic heterocycles. The van der Waals surface area contributed by atoms with Crippen LogP contribution in [-0.4, -0.2) is 77.6 Å². The van der Waals surface area contributed by atoms with Crippen LogP contribution in [0.1, 0.15) is 24.0 Å². The molecule has 0 spiro atoms. The van der Waals surface area contributed by atoms with Crippen molar-refractivity contribution in [3.05, 3.63) is 59.7 Å². The minimum absolute atomic E-state index is 0.275. The zero-order valence-electron chi connectivity index (χ0n) is 19.1. The van der Waals surface area contributed by atoms with Crippen molar-refractivity contribution >= 4 is 30.1 Å². The average molecular weight is 516 g/mol. The lowest BCUT2D eigenvalue weighted by molar-refractivity contribution is -0.224. The molecule has 7 N–H and O–H groups in total. The number of phenols is 4. The number of carbonyl (C=O) groups is 3. The number of aliphatic hydroxyl groups is 2. The molecule has 37 heavy (non-hydrogen) atoms. The molecule has 0 amide bonds. The number of aromatic hydroxyl groups is 4. The van der Waals surface area contributed by atoms with Gasteiger partial charge in [0, 0.05) is 18.6 Å². The number of carboxylic acids is 1. The summed E-state index contributed by atoms with van der Waals surface area (Å²) >= 11 is 0. The Hall–Kier alpha value is -4.55. The van der Waals surface area contributed by atoms with Crippen molar-refractivity contribution in [3.8, 4) is 23.0 Å². The third kappa shape index (κ3) is 6.18. The van der Waals surface area contributed by atoms with Gasteiger partial charge in [0.2, 0.25) is 5.60 Å². The molecule has 0 heterocycles. The second-order valence-electron chi connectivity index (χ2n) is 8.23. The molecular formula is C25H24O12. The van der Waals surface area contributed by atoms with Crippen LogP contribution >= 0.6 is 0 Å². The molecule has 2 aromatic rings. The Morgan fingerprint density at radius 1 is 0.811 bits per heavy atom. The maximum Gasteiger partial charge on any atom is 0.351 e. The number of phenolic OH excluding ortho intramolecular Hbond substituents is 4. The minimum atomic E-state index is -2.55. The SMILES string of the molecule is O=C(/C=C/c1ccc(O)c(O)c1)O[C@@H]1[C@H](O)CC[C@](OC(=O)/C=C/c2ccc(O)c(O)c2)(C(=O)O)[C@H]1O. The first kappa shape index (κ1) is 27.0. The molecule has 0 aromatic heterocycles. The summed E-state index contributed by atoms with van der Waals surface area (Å²) < 4.78 is 10.2. The number of aliphatic hydroxyl groups excluding tert-OH is 2. The maximum atomic E-state index is 12.4. The summed E-state index contributed by atoms with van der Waals surface area (Å²) in [5, 5.41) is 68.5. The van der Waals surface area contributed by atoms with E-state index in [-0.39, 0.29) is 23.5 Å². The number of aliphatic carboxylic acids is 1. The van der Waals surface area contributed by atoms with E-state index < -0.39 is 59.7 Å². The lowest BCUT2D eigenvalue weighted by Gasteiger charge is -2.42. The minimum Gasteiger partial charge on any atom is -0.504 e. The molecule has 0 unspecified atom stereocenters. The summed E-state index contributed by atoms with van der Waals surface area (Å²) in [4.78, 5) is 36.8. The number of ether oxygens (including phenoxy) is 2. The fourth-order valence-corrected chi connectivity index (χ4v) is 3.69. The number of carboxylic acid groups (broad SMARTS) is 1. The molecule has 3 rings (SSSR count). The summed E-state index contributed by atoms with van der Waals surface area (Å²) in [6, 6.07) is 7.39. The van der Waals surface area contributed by atoms with Crippen molar-refractivity contribution in [1.82, 2.24) is 0 Å². The van der Waals surface area contributed by atoms with Crippen molar-refractivity contribution < 1.29 is 59.6 Å². The van der Waals surface area contributed by atoms with Crippen LogP contribution in [0.25, 0.3) is 12.2 Å². The van der Waals surface area contributed by atoms with Gasteiger partial charge in [0.1, 0.15) is 6.10 Å². The first-order valence-electron chi connectivity index (χ1n) is 10.9. The van der Waals surface area contributed by atoms with Crippen LogP contribution < -0.4 is 0 Å². The fourth-order valence-electron chi connectivity index (χ4n) is 3.69. The number of carbonyl (C=O) groups excluding carboxylic acids is 2. The Morgan fingerprint density at radius 2 is 1.32 bits per heavy atom. The lowest BCUT2D eigenvalue weighted by Crippen LogP contribution is -2.64. The maximum absolute atomic E-state index is 12.4. The van der Waals surface area contributed by atoms with Gasteiger partial charge >= 0.3 is 17.9 Å². The van der Waals surface area contributed by atoms with E-state index >= 15 is 0 Å². The van der Waals surface area contributed by atoms with Gasteiger partial charge in [-0.2, -0.15) is 0 Å². The van der Waals surface area contributed by atoms with Crippen LogP contribution in [0.15, 0.2) is 48.6 Å². The van der Waals surface area contributed by atoms with Gasteiger partial charge in [0.25, 0.3) is 0 Å². The molecule has 0 radical (unpaired) electrons. The molecule has 1 saturated carbocycles. The van der Waals surface area contributed by atoms with Gasteiger partial charge < -0.3 is 45.2 Å². The second kappa shape index (κ2) is 11.0. The van der Waals surface area contributed by atoms with E-state index in [0.717, 1.165) is 24.3 Å². The summed E-state index contributed by atoms with van der Waals surface area (Å²) in [5.74, 6) is -5.62. The molecule has 12 nitrogen and oxygen atoms in total. The van der Waals surface area contributed by atoms with E-state index in [0.29, 0.717) is 5.56 Å². The van der Waals surface area contributed by atoms with Gasteiger partial charge in [-0.1, -0.05) is 12.1 Å². The average Bonchev–Trinajstić information content (AvgIpc) is 2.85. The van der Waals surface area contributed by atoms with Crippen molar-refractivity contribution in [1.29, 1.82) is 0 Å². The highest BCUT2D eigenvalue weighted by Crippen LogP contribution is 2.35. The van der Waals surface area contributed by atoms with E-state index in [1.165, 1.54) is 36.4 Å². The highest BCUT2D eigenvalue weighted by atomic mass is 16.6. The first-order valence-corrected chi connectivity index (χ1v) is 10.9. The zero-order chi connectivity index (χ0) is 27.3. The number of esters is 2. The fraction of sp³-hybridized carbons (Fsp3) is 0.240. The third-order valence-corrected chi connectivity index (χ3v) is 5.70. The monoisotopic (exact) mass is 516 g/mol. The van der Waals surface area contributed by atoms with Gasteiger partial charge in [-0.3, -0.25) is 0 Å². The lowest BCUT2D eigenvalue weighted by atomic mass is 9.78. The van der Waals surface area contributed by atoms with E-state index in [9.17, 15) is 50.1 Å². The summed E-state index contributed by atoms with van der Waals surface area (Å²) in [5.41, 5.74) is -1.97. The molecule has 4 atom stereocenters. The van der Waals surface area contributed by atoms with E-state index in [4.69, 9.17) is 9.47 Å². The van der Waals surface area contributed by atoms with Gasteiger partial charge in [-0.15, -0.1) is 0 Å². The molecule has 2 aromatic carbocycles. The molecule has 0 saturated heterocycles. The van der Waals surface area contributed by atoms with Crippen LogP contribution in [0.3, 0.4) is 0 Å². The quantitative estimate of drug-likeness (QED) is 0.156.